The van der Waals surface area contributed by atoms with Crippen LogP contribution < -0.4 is 29.7 Å². The Morgan fingerprint density at radius 1 is 0.300 bits per heavy atom. The lowest BCUT2D eigenvalue weighted by Crippen LogP contribution is -2.40. The Bertz CT molecular complexity index is 2580. The molecule has 4 N–H and O–H groups in total. The fourth-order valence-corrected chi connectivity index (χ4v) is 7.92. The van der Waals surface area contributed by atoms with Crippen molar-refractivity contribution in [2.45, 2.75) is 118 Å². The zero-order chi connectivity index (χ0) is 50.8. The average molecular weight is 943 g/mol. The van der Waals surface area contributed by atoms with E-state index in [1.54, 1.807) is 12.1 Å². The lowest BCUT2D eigenvalue weighted by molar-refractivity contribution is 0.177. The minimum absolute atomic E-state index is 0.389. The van der Waals surface area contributed by atoms with Gasteiger partial charge in [0, 0.05) is 0 Å². The van der Waals surface area contributed by atoms with Gasteiger partial charge >= 0.3 is 0 Å². The number of nitrogens with zero attached hydrogens (tertiary/aromatic N) is 4. The Morgan fingerprint density at radius 3 is 0.743 bits per heavy atom. The fraction of sp³-hybridized carbons (Fsp3) is 0.300. The molecule has 0 heterocycles. The summed E-state index contributed by atoms with van der Waals surface area (Å²) in [6.07, 6.45) is 0. The largest absolute Gasteiger partial charge is 0.489 e. The molecule has 10 heteroatoms. The van der Waals surface area contributed by atoms with Gasteiger partial charge in [0.25, 0.3) is 0 Å². The molecule has 0 aromatic heterocycles. The second kappa shape index (κ2) is 20.3. The van der Waals surface area contributed by atoms with Crippen molar-refractivity contribution in [2.75, 3.05) is 20.3 Å². The molecule has 0 atom stereocenters. The third kappa shape index (κ3) is 12.3. The molecule has 0 unspecified atom stereocenters. The minimum Gasteiger partial charge on any atom is -0.489 e. The quantitative estimate of drug-likeness (QED) is 0.0787. The van der Waals surface area contributed by atoms with Gasteiger partial charge in [-0.1, -0.05) is 97.1 Å². The Hall–Kier alpha value is -6.82. The van der Waals surface area contributed by atoms with Crippen molar-refractivity contribution in [1.29, 1.82) is 0 Å². The van der Waals surface area contributed by atoms with E-state index in [9.17, 15) is 20.8 Å². The molecule has 0 bridgehead atoms. The lowest BCUT2D eigenvalue weighted by Gasteiger charge is -2.35. The van der Waals surface area contributed by atoms with Crippen molar-refractivity contribution in [1.82, 2.24) is 0 Å². The van der Waals surface area contributed by atoms with Gasteiger partial charge in [0.15, 0.2) is 0 Å². The molecule has 7 aromatic carbocycles. The fourth-order valence-electron chi connectivity index (χ4n) is 7.92. The van der Waals surface area contributed by atoms with Crippen molar-refractivity contribution in [3.05, 3.63) is 169 Å². The van der Waals surface area contributed by atoms with Gasteiger partial charge in [0.05, 0.1) is 44.9 Å². The van der Waals surface area contributed by atoms with Gasteiger partial charge in [0.1, 0.15) is 24.7 Å². The summed E-state index contributed by atoms with van der Waals surface area (Å²) >= 11 is 0. The van der Waals surface area contributed by atoms with Gasteiger partial charge in [-0.25, -0.2) is 0 Å². The van der Waals surface area contributed by atoms with Crippen molar-refractivity contribution >= 4 is 22.7 Å². The standard InChI is InChI=1S/C60H70N4O6/c1-57(2,3)61(65)51-33-49(34-52(37-51)62(66)58(4,5)6)45-21-17-41(18-22-45)43-25-29-55(30-26-43)69-39-47-15-13-14-16-48(47)40-70-56-31-27-44(28-32-56)42-19-23-46(24-20-42)50-35-53(63(67)59(7,8)9)38-54(36-50)64(68)60(10,11)12/h13-38,65-68H,39-40H2,1-12H3. The van der Waals surface area contributed by atoms with E-state index < -0.39 is 22.2 Å². The molecule has 0 amide bonds. The maximum Gasteiger partial charge on any atom is 0.119 e. The second-order valence-electron chi connectivity index (χ2n) is 22.0. The third-order valence-corrected chi connectivity index (χ3v) is 12.0. The van der Waals surface area contributed by atoms with Crippen LogP contribution in [0.1, 0.15) is 94.2 Å². The predicted molar refractivity (Wildman–Crippen MR) is 286 cm³/mol. The normalized spacial score (nSPS) is 12.1. The Balaban J connectivity index is 0.973. The molecule has 0 aliphatic carbocycles. The highest BCUT2D eigenvalue weighted by atomic mass is 16.5. The topological polar surface area (TPSA) is 112 Å². The molecule has 0 aliphatic rings. The van der Waals surface area contributed by atoms with E-state index in [0.29, 0.717) is 36.0 Å². The highest BCUT2D eigenvalue weighted by Gasteiger charge is 2.27. The van der Waals surface area contributed by atoms with Crippen molar-refractivity contribution in [2.24, 2.45) is 0 Å². The molecule has 7 rings (SSSR count). The van der Waals surface area contributed by atoms with Crippen LogP contribution in [-0.2, 0) is 13.2 Å². The first-order valence-electron chi connectivity index (χ1n) is 23.9. The number of hydrogen-bond acceptors (Lipinski definition) is 10. The van der Waals surface area contributed by atoms with Gasteiger partial charge in [-0.3, -0.25) is 41.1 Å². The maximum absolute atomic E-state index is 11.1. The molecular formula is C60H70N4O6. The summed E-state index contributed by atoms with van der Waals surface area (Å²) in [5.41, 5.74) is 10.2. The molecular weight excluding hydrogens is 873 g/mol. The van der Waals surface area contributed by atoms with E-state index in [2.05, 4.69) is 84.9 Å². The summed E-state index contributed by atoms with van der Waals surface area (Å²) in [6, 6.07) is 52.2. The summed E-state index contributed by atoms with van der Waals surface area (Å²) < 4.78 is 12.6. The van der Waals surface area contributed by atoms with E-state index in [4.69, 9.17) is 9.47 Å². The minimum atomic E-state index is -0.540. The van der Waals surface area contributed by atoms with Crippen molar-refractivity contribution in [3.63, 3.8) is 0 Å². The summed E-state index contributed by atoms with van der Waals surface area (Å²) in [6.45, 7) is 24.0. The number of benzene rings is 7. The summed E-state index contributed by atoms with van der Waals surface area (Å²) in [5, 5.41) is 49.2. The van der Waals surface area contributed by atoms with Gasteiger partial charge in [0.2, 0.25) is 0 Å². The van der Waals surface area contributed by atoms with Gasteiger partial charge < -0.3 is 9.47 Å². The van der Waals surface area contributed by atoms with E-state index in [1.165, 1.54) is 20.3 Å². The van der Waals surface area contributed by atoms with Crippen LogP contribution in [0.3, 0.4) is 0 Å². The molecule has 70 heavy (non-hydrogen) atoms. The molecule has 0 aliphatic heterocycles. The summed E-state index contributed by atoms with van der Waals surface area (Å²) in [5.74, 6) is 1.52. The molecule has 0 saturated heterocycles. The SMILES string of the molecule is CC(C)(C)N(O)c1cc(-c2ccc(-c3ccc(OCc4ccccc4COc4ccc(-c5ccc(-c6cc(N(O)C(C)(C)C)cc(N(O)C(C)(C)C)c6)cc5)cc4)cc3)cc2)cc(N(O)C(C)(C)C)c1. The van der Waals surface area contributed by atoms with Crippen LogP contribution in [0, 0.1) is 0 Å². The number of ether oxygens (including phenoxy) is 2. The highest BCUT2D eigenvalue weighted by molar-refractivity contribution is 5.78. The van der Waals surface area contributed by atoms with Crippen LogP contribution >= 0.6 is 0 Å². The molecule has 0 saturated carbocycles. The van der Waals surface area contributed by atoms with Crippen LogP contribution in [0.15, 0.2) is 158 Å². The Morgan fingerprint density at radius 2 is 0.514 bits per heavy atom. The number of anilines is 4. The first-order chi connectivity index (χ1) is 32.8. The van der Waals surface area contributed by atoms with Crippen LogP contribution in [-0.4, -0.2) is 43.0 Å². The lowest BCUT2D eigenvalue weighted by atomic mass is 9.98. The molecule has 10 nitrogen and oxygen atoms in total. The second-order valence-corrected chi connectivity index (χ2v) is 22.0. The van der Waals surface area contributed by atoms with Crippen molar-refractivity contribution < 1.29 is 30.3 Å². The predicted octanol–water partition coefficient (Wildman–Crippen LogP) is 15.5. The van der Waals surface area contributed by atoms with Crippen LogP contribution in [0.5, 0.6) is 11.5 Å². The Labute approximate surface area is 415 Å². The summed E-state index contributed by atoms with van der Waals surface area (Å²) in [4.78, 5) is 0. The molecule has 0 fully saturated rings. The third-order valence-electron chi connectivity index (χ3n) is 12.0. The van der Waals surface area contributed by atoms with Crippen LogP contribution in [0.2, 0.25) is 0 Å². The van der Waals surface area contributed by atoms with Gasteiger partial charge in [-0.15, -0.1) is 0 Å². The van der Waals surface area contributed by atoms with E-state index in [0.717, 1.165) is 67.1 Å². The number of hydroxylamine groups is 4. The molecule has 366 valence electrons. The summed E-state index contributed by atoms with van der Waals surface area (Å²) in [7, 11) is 0. The zero-order valence-electron chi connectivity index (χ0n) is 42.8. The molecule has 7 aromatic rings. The Kier molecular flexibility index (Phi) is 14.8. The van der Waals surface area contributed by atoms with Gasteiger partial charge in [-0.05, 0) is 199 Å². The zero-order valence-corrected chi connectivity index (χ0v) is 42.8. The van der Waals surface area contributed by atoms with E-state index in [1.807, 2.05) is 144 Å². The number of rotatable bonds is 14. The molecule has 0 spiro atoms. The van der Waals surface area contributed by atoms with Crippen molar-refractivity contribution in [3.8, 4) is 56.0 Å². The smallest absolute Gasteiger partial charge is 0.119 e. The molecule has 0 radical (unpaired) electrons. The first-order valence-corrected chi connectivity index (χ1v) is 23.9. The highest BCUT2D eigenvalue weighted by Crippen LogP contribution is 2.38. The maximum atomic E-state index is 11.1. The van der Waals surface area contributed by atoms with E-state index >= 15 is 0 Å². The average Bonchev–Trinajstić information content (AvgIpc) is 3.33. The van der Waals surface area contributed by atoms with Crippen LogP contribution in [0.25, 0.3) is 44.5 Å². The first kappa shape index (κ1) is 51.0. The van der Waals surface area contributed by atoms with Gasteiger partial charge in [-0.2, -0.15) is 0 Å². The van der Waals surface area contributed by atoms with E-state index in [-0.39, 0.29) is 0 Å². The van der Waals surface area contributed by atoms with Crippen LogP contribution in [0.4, 0.5) is 22.7 Å². The number of hydrogen-bond donors (Lipinski definition) is 4. The monoisotopic (exact) mass is 943 g/mol.